The van der Waals surface area contributed by atoms with E-state index in [-0.39, 0.29) is 19.1 Å². The maximum atomic E-state index is 11.9. The third kappa shape index (κ3) is 6.30. The van der Waals surface area contributed by atoms with Gasteiger partial charge in [-0.05, 0) is 43.5 Å². The first-order valence-electron chi connectivity index (χ1n) is 8.18. The molecule has 1 atom stereocenters. The van der Waals surface area contributed by atoms with E-state index in [2.05, 4.69) is 5.32 Å². The molecule has 5 heteroatoms. The molecule has 0 aliphatic heterocycles. The molecule has 1 unspecified atom stereocenters. The number of carboxylic acids is 1. The number of amides is 1. The lowest BCUT2D eigenvalue weighted by Gasteiger charge is -2.14. The lowest BCUT2D eigenvalue weighted by Crippen LogP contribution is -2.36. The molecule has 25 heavy (non-hydrogen) atoms. The van der Waals surface area contributed by atoms with Crippen LogP contribution in [0.15, 0.2) is 48.5 Å². The topological polar surface area (TPSA) is 75.6 Å². The van der Waals surface area contributed by atoms with Crippen molar-refractivity contribution in [3.63, 3.8) is 0 Å². The van der Waals surface area contributed by atoms with Gasteiger partial charge < -0.3 is 15.2 Å². The summed E-state index contributed by atoms with van der Waals surface area (Å²) in [6, 6.07) is 15.1. The number of carbonyl (C=O) groups is 2. The largest absolute Gasteiger partial charge is 0.484 e. The first-order valence-corrected chi connectivity index (χ1v) is 8.18. The van der Waals surface area contributed by atoms with Crippen molar-refractivity contribution in [3.05, 3.63) is 65.2 Å². The minimum Gasteiger partial charge on any atom is -0.484 e. The van der Waals surface area contributed by atoms with Gasteiger partial charge in [-0.15, -0.1) is 0 Å². The summed E-state index contributed by atoms with van der Waals surface area (Å²) in [4.78, 5) is 23.3. The number of nitrogens with one attached hydrogen (secondary N) is 1. The van der Waals surface area contributed by atoms with Crippen LogP contribution < -0.4 is 10.1 Å². The van der Waals surface area contributed by atoms with Crippen LogP contribution in [0.1, 0.15) is 16.7 Å². The maximum absolute atomic E-state index is 11.9. The molecule has 132 valence electrons. The number of carboxylic acid groups (broad SMARTS) is 1. The third-order valence-electron chi connectivity index (χ3n) is 3.82. The van der Waals surface area contributed by atoms with Crippen LogP contribution in [0.4, 0.5) is 0 Å². The van der Waals surface area contributed by atoms with Gasteiger partial charge in [-0.1, -0.05) is 42.0 Å². The van der Waals surface area contributed by atoms with Crippen LogP contribution >= 0.6 is 0 Å². The minimum atomic E-state index is -0.929. The average Bonchev–Trinajstić information content (AvgIpc) is 2.56. The summed E-state index contributed by atoms with van der Waals surface area (Å²) >= 11 is 0. The highest BCUT2D eigenvalue weighted by molar-refractivity contribution is 5.78. The first-order chi connectivity index (χ1) is 11.9. The molecule has 1 amide bonds. The molecule has 0 saturated heterocycles. The van der Waals surface area contributed by atoms with Gasteiger partial charge in [0.15, 0.2) is 6.61 Å². The molecular formula is C20H23NO4. The van der Waals surface area contributed by atoms with E-state index in [0.717, 1.165) is 16.7 Å². The van der Waals surface area contributed by atoms with Crippen molar-refractivity contribution < 1.29 is 19.4 Å². The maximum Gasteiger partial charge on any atom is 0.308 e. The summed E-state index contributed by atoms with van der Waals surface area (Å²) in [5.41, 5.74) is 3.07. The van der Waals surface area contributed by atoms with Gasteiger partial charge in [0.05, 0.1) is 5.92 Å². The highest BCUT2D eigenvalue weighted by Gasteiger charge is 2.19. The van der Waals surface area contributed by atoms with E-state index in [0.29, 0.717) is 12.2 Å². The average molecular weight is 341 g/mol. The molecule has 0 radical (unpaired) electrons. The zero-order valence-corrected chi connectivity index (χ0v) is 14.5. The van der Waals surface area contributed by atoms with E-state index in [9.17, 15) is 14.7 Å². The predicted octanol–water partition coefficient (Wildman–Crippen LogP) is 2.74. The standard InChI is InChI=1S/C20H23NO4/c1-14-5-3-7-16(9-14)11-17(20(23)24)12-21-19(22)13-25-18-8-4-6-15(2)10-18/h3-10,17H,11-13H2,1-2H3,(H,21,22)(H,23,24). The van der Waals surface area contributed by atoms with Crippen molar-refractivity contribution in [1.29, 1.82) is 0 Å². The molecule has 2 N–H and O–H groups in total. The molecule has 2 aromatic rings. The van der Waals surface area contributed by atoms with Crippen LogP contribution in [0, 0.1) is 19.8 Å². The summed E-state index contributed by atoms with van der Waals surface area (Å²) in [7, 11) is 0. The lowest BCUT2D eigenvalue weighted by molar-refractivity contribution is -0.141. The van der Waals surface area contributed by atoms with Crippen molar-refractivity contribution in [2.24, 2.45) is 5.92 Å². The van der Waals surface area contributed by atoms with Gasteiger partial charge >= 0.3 is 5.97 Å². The molecule has 2 rings (SSSR count). The number of ether oxygens (including phenoxy) is 1. The number of rotatable bonds is 8. The van der Waals surface area contributed by atoms with Crippen LogP contribution in [0.3, 0.4) is 0 Å². The van der Waals surface area contributed by atoms with Gasteiger partial charge in [0, 0.05) is 6.54 Å². The Morgan fingerprint density at radius 1 is 1.08 bits per heavy atom. The zero-order valence-electron chi connectivity index (χ0n) is 14.5. The third-order valence-corrected chi connectivity index (χ3v) is 3.82. The Balaban J connectivity index is 1.83. The van der Waals surface area contributed by atoms with Gasteiger partial charge in [0.2, 0.25) is 0 Å². The molecule has 5 nitrogen and oxygen atoms in total. The Labute approximate surface area is 147 Å². The van der Waals surface area contributed by atoms with Crippen LogP contribution in [0.2, 0.25) is 0 Å². The van der Waals surface area contributed by atoms with E-state index in [1.165, 1.54) is 0 Å². The van der Waals surface area contributed by atoms with E-state index >= 15 is 0 Å². The summed E-state index contributed by atoms with van der Waals surface area (Å²) in [5, 5.41) is 12.0. The zero-order chi connectivity index (χ0) is 18.2. The summed E-state index contributed by atoms with van der Waals surface area (Å²) in [6.07, 6.45) is 0.371. The molecule has 0 aliphatic carbocycles. The van der Waals surface area contributed by atoms with E-state index < -0.39 is 11.9 Å². The molecule has 0 bridgehead atoms. The van der Waals surface area contributed by atoms with Crippen LogP contribution in [0.5, 0.6) is 5.75 Å². The summed E-state index contributed by atoms with van der Waals surface area (Å²) < 4.78 is 5.42. The second-order valence-corrected chi connectivity index (χ2v) is 6.14. The fourth-order valence-corrected chi connectivity index (χ4v) is 2.51. The number of aliphatic carboxylic acids is 1. The SMILES string of the molecule is Cc1cccc(CC(CNC(=O)COc2cccc(C)c2)C(=O)O)c1. The van der Waals surface area contributed by atoms with Crippen molar-refractivity contribution in [2.45, 2.75) is 20.3 Å². The Hall–Kier alpha value is -2.82. The quantitative estimate of drug-likeness (QED) is 0.774. The van der Waals surface area contributed by atoms with Crippen molar-refractivity contribution in [1.82, 2.24) is 5.32 Å². The van der Waals surface area contributed by atoms with Crippen molar-refractivity contribution in [3.8, 4) is 5.75 Å². The number of carbonyl (C=O) groups excluding carboxylic acids is 1. The fraction of sp³-hybridized carbons (Fsp3) is 0.300. The summed E-state index contributed by atoms with van der Waals surface area (Å²) in [6.45, 7) is 3.83. The first kappa shape index (κ1) is 18.5. The molecule has 0 spiro atoms. The predicted molar refractivity (Wildman–Crippen MR) is 95.7 cm³/mol. The van der Waals surface area contributed by atoms with Gasteiger partial charge in [-0.25, -0.2) is 0 Å². The normalized spacial score (nSPS) is 11.6. The molecule has 0 heterocycles. The number of benzene rings is 2. The Morgan fingerprint density at radius 2 is 1.76 bits per heavy atom. The van der Waals surface area contributed by atoms with Gasteiger partial charge in [-0.3, -0.25) is 9.59 Å². The number of hydrogen-bond acceptors (Lipinski definition) is 3. The van der Waals surface area contributed by atoms with Crippen LogP contribution in [-0.4, -0.2) is 30.1 Å². The molecular weight excluding hydrogens is 318 g/mol. The molecule has 0 fully saturated rings. The van der Waals surface area contributed by atoms with Crippen molar-refractivity contribution >= 4 is 11.9 Å². The molecule has 2 aromatic carbocycles. The van der Waals surface area contributed by atoms with Gasteiger partial charge in [0.1, 0.15) is 5.75 Å². The van der Waals surface area contributed by atoms with E-state index in [1.807, 2.05) is 56.3 Å². The van der Waals surface area contributed by atoms with Crippen molar-refractivity contribution in [2.75, 3.05) is 13.2 Å². The van der Waals surface area contributed by atoms with E-state index in [4.69, 9.17) is 4.74 Å². The van der Waals surface area contributed by atoms with Crippen LogP contribution in [-0.2, 0) is 16.0 Å². The fourth-order valence-electron chi connectivity index (χ4n) is 2.51. The van der Waals surface area contributed by atoms with Gasteiger partial charge in [-0.2, -0.15) is 0 Å². The number of hydrogen-bond donors (Lipinski definition) is 2. The molecule has 0 saturated carbocycles. The second kappa shape index (κ2) is 8.87. The number of aryl methyl sites for hydroxylation is 2. The monoisotopic (exact) mass is 341 g/mol. The molecule has 0 aromatic heterocycles. The highest BCUT2D eigenvalue weighted by atomic mass is 16.5. The van der Waals surface area contributed by atoms with E-state index in [1.54, 1.807) is 6.07 Å². The Bertz CT molecular complexity index is 742. The van der Waals surface area contributed by atoms with Gasteiger partial charge in [0.25, 0.3) is 5.91 Å². The second-order valence-electron chi connectivity index (χ2n) is 6.14. The highest BCUT2D eigenvalue weighted by Crippen LogP contribution is 2.13. The Morgan fingerprint density at radius 3 is 2.40 bits per heavy atom. The van der Waals surface area contributed by atoms with Crippen LogP contribution in [0.25, 0.3) is 0 Å². The smallest absolute Gasteiger partial charge is 0.308 e. The Kier molecular flexibility index (Phi) is 6.57. The summed E-state index contributed by atoms with van der Waals surface area (Å²) in [5.74, 6) is -1.33. The minimum absolute atomic E-state index is 0.0687. The lowest BCUT2D eigenvalue weighted by atomic mass is 9.98. The molecule has 0 aliphatic rings.